The van der Waals surface area contributed by atoms with Crippen LogP contribution in [0.25, 0.3) is 0 Å². The van der Waals surface area contributed by atoms with Crippen molar-refractivity contribution < 1.29 is 22.0 Å². The van der Waals surface area contributed by atoms with Gasteiger partial charge in [0.2, 0.25) is 15.9 Å². The quantitative estimate of drug-likeness (QED) is 0.812. The molecule has 0 saturated carbocycles. The van der Waals surface area contributed by atoms with Crippen LogP contribution >= 0.6 is 0 Å². The zero-order valence-corrected chi connectivity index (χ0v) is 16.6. The highest BCUT2D eigenvalue weighted by Gasteiger charge is 2.26. The van der Waals surface area contributed by atoms with Crippen LogP contribution in [-0.4, -0.2) is 20.4 Å². The van der Waals surface area contributed by atoms with Crippen molar-refractivity contribution in [3.05, 3.63) is 58.2 Å². The Morgan fingerprint density at radius 3 is 2.07 bits per heavy atom. The Hall–Kier alpha value is -2.32. The molecule has 0 radical (unpaired) electrons. The van der Waals surface area contributed by atoms with Gasteiger partial charge in [-0.1, -0.05) is 6.07 Å². The van der Waals surface area contributed by atoms with E-state index in [1.54, 1.807) is 13.8 Å². The van der Waals surface area contributed by atoms with Crippen molar-refractivity contribution in [1.82, 2.24) is 4.72 Å². The van der Waals surface area contributed by atoms with Crippen molar-refractivity contribution in [2.75, 3.05) is 5.32 Å². The molecule has 27 heavy (non-hydrogen) atoms. The molecule has 8 heteroatoms. The number of carbonyl (C=O) groups excluding carboxylic acids is 1. The lowest BCUT2D eigenvalue weighted by Crippen LogP contribution is -2.42. The molecule has 2 rings (SSSR count). The zero-order chi connectivity index (χ0) is 20.5. The van der Waals surface area contributed by atoms with E-state index in [2.05, 4.69) is 10.0 Å². The maximum Gasteiger partial charge on any atom is 0.242 e. The Kier molecular flexibility index (Phi) is 6.01. The Morgan fingerprint density at radius 2 is 1.56 bits per heavy atom. The van der Waals surface area contributed by atoms with E-state index in [-0.39, 0.29) is 10.6 Å². The number of nitrogens with one attached hydrogen (secondary N) is 2. The summed E-state index contributed by atoms with van der Waals surface area (Å²) in [4.78, 5) is 12.4. The highest BCUT2D eigenvalue weighted by atomic mass is 32.2. The predicted octanol–water partition coefficient (Wildman–Crippen LogP) is 3.50. The molecule has 0 heterocycles. The van der Waals surface area contributed by atoms with E-state index in [1.807, 2.05) is 19.9 Å². The van der Waals surface area contributed by atoms with Gasteiger partial charge in [-0.25, -0.2) is 17.2 Å². The van der Waals surface area contributed by atoms with Gasteiger partial charge in [0.25, 0.3) is 0 Å². The molecule has 0 unspecified atom stereocenters. The molecule has 0 aliphatic carbocycles. The molecule has 5 nitrogen and oxygen atoms in total. The summed E-state index contributed by atoms with van der Waals surface area (Å²) in [5.41, 5.74) is 2.62. The summed E-state index contributed by atoms with van der Waals surface area (Å²) in [5, 5.41) is 2.26. The average Bonchev–Trinajstić information content (AvgIpc) is 2.55. The third kappa shape index (κ3) is 4.51. The number of aryl methyl sites for hydroxylation is 2. The largest absolute Gasteiger partial charge is 0.322 e. The van der Waals surface area contributed by atoms with Crippen LogP contribution in [0.5, 0.6) is 0 Å². The molecule has 146 valence electrons. The standard InChI is InChI=1S/C19H22F2N2O3S/c1-10-8-11(2)13(4)18(12(10)3)27(25,26)23-14(5)19(24)22-17-7-6-15(20)9-16(17)21/h6-9,14,23H,1-5H3,(H,22,24)/t14-/m0/s1. The maximum atomic E-state index is 13.7. The van der Waals surface area contributed by atoms with Gasteiger partial charge in [-0.3, -0.25) is 4.79 Å². The van der Waals surface area contributed by atoms with Gasteiger partial charge in [0.1, 0.15) is 11.6 Å². The smallest absolute Gasteiger partial charge is 0.242 e. The minimum Gasteiger partial charge on any atom is -0.322 e. The Labute approximate surface area is 157 Å². The number of hydrogen-bond acceptors (Lipinski definition) is 3. The van der Waals surface area contributed by atoms with E-state index >= 15 is 0 Å². The number of sulfonamides is 1. The van der Waals surface area contributed by atoms with Gasteiger partial charge >= 0.3 is 0 Å². The molecule has 2 aromatic rings. The second kappa shape index (κ2) is 7.74. The molecule has 0 aromatic heterocycles. The topological polar surface area (TPSA) is 75.3 Å². The Balaban J connectivity index is 2.26. The minimum atomic E-state index is -3.98. The summed E-state index contributed by atoms with van der Waals surface area (Å²) < 4.78 is 54.6. The first-order chi connectivity index (χ1) is 12.4. The fourth-order valence-electron chi connectivity index (χ4n) is 2.76. The maximum absolute atomic E-state index is 13.7. The highest BCUT2D eigenvalue weighted by Crippen LogP contribution is 2.26. The second-order valence-electron chi connectivity index (χ2n) is 6.55. The number of amides is 1. The van der Waals surface area contributed by atoms with Crippen molar-refractivity contribution in [3.63, 3.8) is 0 Å². The van der Waals surface area contributed by atoms with E-state index in [0.29, 0.717) is 17.2 Å². The van der Waals surface area contributed by atoms with Gasteiger partial charge in [-0.15, -0.1) is 0 Å². The van der Waals surface area contributed by atoms with Gasteiger partial charge in [0.05, 0.1) is 16.6 Å². The fraction of sp³-hybridized carbons (Fsp3) is 0.316. The number of benzene rings is 2. The molecular weight excluding hydrogens is 374 g/mol. The molecule has 0 spiro atoms. The van der Waals surface area contributed by atoms with Crippen LogP contribution in [0, 0.1) is 39.3 Å². The van der Waals surface area contributed by atoms with Crippen molar-refractivity contribution in [2.45, 2.75) is 45.6 Å². The number of hydrogen-bond donors (Lipinski definition) is 2. The van der Waals surface area contributed by atoms with E-state index in [4.69, 9.17) is 0 Å². The van der Waals surface area contributed by atoms with Crippen molar-refractivity contribution >= 4 is 21.6 Å². The van der Waals surface area contributed by atoms with Crippen LogP contribution < -0.4 is 10.0 Å². The SMILES string of the molecule is Cc1cc(C)c(C)c(S(=O)(=O)N[C@@H](C)C(=O)Nc2ccc(F)cc2F)c1C. The second-order valence-corrected chi connectivity index (χ2v) is 8.20. The van der Waals surface area contributed by atoms with E-state index in [9.17, 15) is 22.0 Å². The van der Waals surface area contributed by atoms with Gasteiger partial charge in [-0.05, 0) is 69.0 Å². The minimum absolute atomic E-state index is 0.132. The summed E-state index contributed by atoms with van der Waals surface area (Å²) in [6.45, 7) is 8.38. The third-order valence-electron chi connectivity index (χ3n) is 4.48. The van der Waals surface area contributed by atoms with Crippen LogP contribution in [0.15, 0.2) is 29.2 Å². The normalized spacial score (nSPS) is 12.7. The molecule has 1 amide bonds. The number of carbonyl (C=O) groups is 1. The van der Waals surface area contributed by atoms with Crippen molar-refractivity contribution in [1.29, 1.82) is 0 Å². The third-order valence-corrected chi connectivity index (χ3v) is 6.29. The fourth-order valence-corrected chi connectivity index (χ4v) is 4.58. The highest BCUT2D eigenvalue weighted by molar-refractivity contribution is 7.89. The van der Waals surface area contributed by atoms with Gasteiger partial charge in [0, 0.05) is 6.07 Å². The monoisotopic (exact) mass is 396 g/mol. The van der Waals surface area contributed by atoms with Crippen molar-refractivity contribution in [2.24, 2.45) is 0 Å². The summed E-state index contributed by atoms with van der Waals surface area (Å²) in [6.07, 6.45) is 0. The number of rotatable bonds is 5. The van der Waals surface area contributed by atoms with Crippen LogP contribution in [-0.2, 0) is 14.8 Å². The first-order valence-electron chi connectivity index (χ1n) is 8.29. The molecule has 1 atom stereocenters. The summed E-state index contributed by atoms with van der Waals surface area (Å²) in [7, 11) is -3.98. The first kappa shape index (κ1) is 21.0. The number of anilines is 1. The van der Waals surface area contributed by atoms with Gasteiger partial charge < -0.3 is 5.32 Å². The van der Waals surface area contributed by atoms with Gasteiger partial charge in [-0.2, -0.15) is 4.72 Å². The molecule has 0 saturated heterocycles. The van der Waals surface area contributed by atoms with Gasteiger partial charge in [0.15, 0.2) is 0 Å². The summed E-state index contributed by atoms with van der Waals surface area (Å²) in [6, 6.07) is 3.43. The molecule has 2 N–H and O–H groups in total. The summed E-state index contributed by atoms with van der Waals surface area (Å²) in [5.74, 6) is -2.48. The van der Waals surface area contributed by atoms with E-state index < -0.39 is 33.6 Å². The Bertz CT molecular complexity index is 978. The van der Waals surface area contributed by atoms with Crippen molar-refractivity contribution in [3.8, 4) is 0 Å². The van der Waals surface area contributed by atoms with Crippen LogP contribution in [0.2, 0.25) is 0 Å². The lowest BCUT2D eigenvalue weighted by Gasteiger charge is -2.19. The molecule has 2 aromatic carbocycles. The van der Waals surface area contributed by atoms with E-state index in [1.165, 1.54) is 6.92 Å². The first-order valence-corrected chi connectivity index (χ1v) is 9.78. The average molecular weight is 396 g/mol. The lowest BCUT2D eigenvalue weighted by molar-refractivity contribution is -0.117. The summed E-state index contributed by atoms with van der Waals surface area (Å²) >= 11 is 0. The van der Waals surface area contributed by atoms with Crippen LogP contribution in [0.3, 0.4) is 0 Å². The predicted molar refractivity (Wildman–Crippen MR) is 100 cm³/mol. The Morgan fingerprint density at radius 1 is 1.00 bits per heavy atom. The molecule has 0 aliphatic rings. The molecular formula is C19H22F2N2O3S. The molecule has 0 bridgehead atoms. The lowest BCUT2D eigenvalue weighted by atomic mass is 10.0. The van der Waals surface area contributed by atoms with Crippen LogP contribution in [0.4, 0.5) is 14.5 Å². The van der Waals surface area contributed by atoms with Crippen LogP contribution in [0.1, 0.15) is 29.2 Å². The molecule has 0 aliphatic heterocycles. The number of halogens is 2. The zero-order valence-electron chi connectivity index (χ0n) is 15.8. The molecule has 0 fully saturated rings. The van der Waals surface area contributed by atoms with E-state index in [0.717, 1.165) is 23.3 Å².